The molecule has 1 aromatic carbocycles. The number of rotatable bonds is 5. The van der Waals surface area contributed by atoms with Crippen molar-refractivity contribution in [1.82, 2.24) is 10.6 Å². The van der Waals surface area contributed by atoms with Crippen molar-refractivity contribution in [2.24, 2.45) is 4.99 Å². The molecule has 0 radical (unpaired) electrons. The van der Waals surface area contributed by atoms with Crippen molar-refractivity contribution in [3.8, 4) is 0 Å². The lowest BCUT2D eigenvalue weighted by Crippen LogP contribution is -2.36. The molecule has 0 bridgehead atoms. The van der Waals surface area contributed by atoms with Crippen molar-refractivity contribution in [3.63, 3.8) is 0 Å². The van der Waals surface area contributed by atoms with Crippen LogP contribution in [0.25, 0.3) is 0 Å². The molecule has 0 saturated carbocycles. The highest BCUT2D eigenvalue weighted by molar-refractivity contribution is 14.0. The minimum absolute atomic E-state index is 0. The smallest absolute Gasteiger partial charge is 0.191 e. The zero-order valence-corrected chi connectivity index (χ0v) is 16.3. The molecular formula is C16H23IN4S. The standard InChI is InChI=1S/C16H22N4S.HI/c1-17-16(19-11-14-7-8-21-12-14)18-10-13-5-4-6-15(9-13)20(2)3;/h4-9,12H,10-11H2,1-3H3,(H2,17,18,19);1H. The molecule has 22 heavy (non-hydrogen) atoms. The summed E-state index contributed by atoms with van der Waals surface area (Å²) in [4.78, 5) is 6.35. The Bertz CT molecular complexity index is 582. The van der Waals surface area contributed by atoms with Crippen LogP contribution in [0.2, 0.25) is 0 Å². The number of anilines is 1. The molecule has 1 heterocycles. The second kappa shape index (κ2) is 9.68. The molecule has 120 valence electrons. The zero-order valence-electron chi connectivity index (χ0n) is 13.2. The Kier molecular flexibility index (Phi) is 8.26. The second-order valence-corrected chi connectivity index (χ2v) is 5.76. The quantitative estimate of drug-likeness (QED) is 0.435. The van der Waals surface area contributed by atoms with Crippen LogP contribution in [0.3, 0.4) is 0 Å². The summed E-state index contributed by atoms with van der Waals surface area (Å²) in [5, 5.41) is 10.9. The van der Waals surface area contributed by atoms with Crippen LogP contribution in [0.15, 0.2) is 46.1 Å². The van der Waals surface area contributed by atoms with Crippen LogP contribution in [-0.4, -0.2) is 27.1 Å². The summed E-state index contributed by atoms with van der Waals surface area (Å²) in [5.41, 5.74) is 3.72. The topological polar surface area (TPSA) is 39.7 Å². The molecule has 0 fully saturated rings. The second-order valence-electron chi connectivity index (χ2n) is 4.98. The third-order valence-corrected chi connectivity index (χ3v) is 3.88. The Morgan fingerprint density at radius 3 is 2.45 bits per heavy atom. The van der Waals surface area contributed by atoms with Crippen molar-refractivity contribution in [2.45, 2.75) is 13.1 Å². The molecule has 0 spiro atoms. The largest absolute Gasteiger partial charge is 0.378 e. The van der Waals surface area contributed by atoms with Crippen molar-refractivity contribution in [2.75, 3.05) is 26.0 Å². The van der Waals surface area contributed by atoms with Crippen LogP contribution in [0.4, 0.5) is 5.69 Å². The van der Waals surface area contributed by atoms with Gasteiger partial charge in [-0.15, -0.1) is 24.0 Å². The first-order chi connectivity index (χ1) is 10.2. The Labute approximate surface area is 153 Å². The van der Waals surface area contributed by atoms with E-state index in [1.807, 2.05) is 14.1 Å². The monoisotopic (exact) mass is 430 g/mol. The number of aliphatic imine (C=N–C) groups is 1. The first-order valence-electron chi connectivity index (χ1n) is 6.91. The fourth-order valence-electron chi connectivity index (χ4n) is 1.93. The molecule has 2 aromatic rings. The van der Waals surface area contributed by atoms with Gasteiger partial charge in [-0.25, -0.2) is 0 Å². The maximum absolute atomic E-state index is 4.25. The number of halogens is 1. The van der Waals surface area contributed by atoms with Crippen LogP contribution in [0, 0.1) is 0 Å². The molecule has 0 aliphatic rings. The van der Waals surface area contributed by atoms with Crippen molar-refractivity contribution >= 4 is 47.0 Å². The lowest BCUT2D eigenvalue weighted by molar-refractivity contribution is 0.810. The van der Waals surface area contributed by atoms with E-state index in [2.05, 4.69) is 61.6 Å². The number of guanidine groups is 1. The van der Waals surface area contributed by atoms with Gasteiger partial charge < -0.3 is 15.5 Å². The lowest BCUT2D eigenvalue weighted by Gasteiger charge is -2.15. The predicted octanol–water partition coefficient (Wildman–Crippen LogP) is 3.30. The lowest BCUT2D eigenvalue weighted by atomic mass is 10.2. The van der Waals surface area contributed by atoms with Crippen LogP contribution >= 0.6 is 35.3 Å². The van der Waals surface area contributed by atoms with Gasteiger partial charge in [0, 0.05) is 39.9 Å². The molecule has 1 aromatic heterocycles. The SMILES string of the molecule is CN=C(NCc1ccsc1)NCc1cccc(N(C)C)c1.I. The summed E-state index contributed by atoms with van der Waals surface area (Å²) in [6, 6.07) is 10.6. The van der Waals surface area contributed by atoms with E-state index in [1.165, 1.54) is 16.8 Å². The molecule has 0 aliphatic carbocycles. The molecule has 0 atom stereocenters. The minimum atomic E-state index is 0. The van der Waals surface area contributed by atoms with E-state index in [0.29, 0.717) is 0 Å². The highest BCUT2D eigenvalue weighted by Crippen LogP contribution is 2.13. The number of nitrogens with one attached hydrogen (secondary N) is 2. The van der Waals surface area contributed by atoms with Crippen LogP contribution in [-0.2, 0) is 13.1 Å². The third-order valence-electron chi connectivity index (χ3n) is 3.15. The van der Waals surface area contributed by atoms with Crippen LogP contribution < -0.4 is 15.5 Å². The highest BCUT2D eigenvalue weighted by atomic mass is 127. The van der Waals surface area contributed by atoms with Gasteiger partial charge in [-0.3, -0.25) is 4.99 Å². The molecule has 2 N–H and O–H groups in total. The molecule has 0 amide bonds. The Morgan fingerprint density at radius 1 is 1.14 bits per heavy atom. The number of thiophene rings is 1. The summed E-state index contributed by atoms with van der Waals surface area (Å²) in [7, 11) is 5.89. The fraction of sp³-hybridized carbons (Fsp3) is 0.312. The van der Waals surface area contributed by atoms with E-state index in [0.717, 1.165) is 19.0 Å². The molecule has 0 saturated heterocycles. The third kappa shape index (κ3) is 5.84. The molecule has 0 unspecified atom stereocenters. The minimum Gasteiger partial charge on any atom is -0.378 e. The first kappa shape index (κ1) is 18.8. The van der Waals surface area contributed by atoms with Crippen LogP contribution in [0.1, 0.15) is 11.1 Å². The van der Waals surface area contributed by atoms with Crippen LogP contribution in [0.5, 0.6) is 0 Å². The Morgan fingerprint density at radius 2 is 1.86 bits per heavy atom. The number of nitrogens with zero attached hydrogens (tertiary/aromatic N) is 2. The van der Waals surface area contributed by atoms with Gasteiger partial charge in [0.15, 0.2) is 5.96 Å². The van der Waals surface area contributed by atoms with Gasteiger partial charge in [-0.1, -0.05) is 12.1 Å². The van der Waals surface area contributed by atoms with Gasteiger partial charge >= 0.3 is 0 Å². The zero-order chi connectivity index (χ0) is 15.1. The summed E-state index contributed by atoms with van der Waals surface area (Å²) in [5.74, 6) is 0.816. The summed E-state index contributed by atoms with van der Waals surface area (Å²) in [6.45, 7) is 1.55. The number of benzene rings is 1. The van der Waals surface area contributed by atoms with Gasteiger partial charge in [0.05, 0.1) is 0 Å². The summed E-state index contributed by atoms with van der Waals surface area (Å²) in [6.07, 6.45) is 0. The van der Waals surface area contributed by atoms with Crippen molar-refractivity contribution < 1.29 is 0 Å². The molecule has 2 rings (SSSR count). The van der Waals surface area contributed by atoms with Gasteiger partial charge in [-0.05, 0) is 40.1 Å². The number of hydrogen-bond acceptors (Lipinski definition) is 3. The van der Waals surface area contributed by atoms with Crippen molar-refractivity contribution in [3.05, 3.63) is 52.2 Å². The first-order valence-corrected chi connectivity index (χ1v) is 7.85. The number of hydrogen-bond donors (Lipinski definition) is 2. The van der Waals surface area contributed by atoms with E-state index >= 15 is 0 Å². The van der Waals surface area contributed by atoms with E-state index in [9.17, 15) is 0 Å². The summed E-state index contributed by atoms with van der Waals surface area (Å²) < 4.78 is 0. The highest BCUT2D eigenvalue weighted by Gasteiger charge is 2.01. The van der Waals surface area contributed by atoms with Gasteiger partial charge in [0.1, 0.15) is 0 Å². The van der Waals surface area contributed by atoms with E-state index in [-0.39, 0.29) is 24.0 Å². The maximum Gasteiger partial charge on any atom is 0.191 e. The Hall–Kier alpha value is -1.28. The van der Waals surface area contributed by atoms with Crippen molar-refractivity contribution in [1.29, 1.82) is 0 Å². The van der Waals surface area contributed by atoms with Gasteiger partial charge in [-0.2, -0.15) is 11.3 Å². The van der Waals surface area contributed by atoms with E-state index < -0.39 is 0 Å². The van der Waals surface area contributed by atoms with E-state index in [4.69, 9.17) is 0 Å². The molecule has 0 aliphatic heterocycles. The molecule has 6 heteroatoms. The Balaban J connectivity index is 0.00000242. The average Bonchev–Trinajstić information content (AvgIpc) is 3.01. The molecular weight excluding hydrogens is 407 g/mol. The van der Waals surface area contributed by atoms with Gasteiger partial charge in [0.25, 0.3) is 0 Å². The van der Waals surface area contributed by atoms with E-state index in [1.54, 1.807) is 18.4 Å². The normalized spacial score (nSPS) is 10.8. The van der Waals surface area contributed by atoms with Gasteiger partial charge in [0.2, 0.25) is 0 Å². The predicted molar refractivity (Wildman–Crippen MR) is 108 cm³/mol. The average molecular weight is 430 g/mol. The summed E-state index contributed by atoms with van der Waals surface area (Å²) >= 11 is 1.71. The fourth-order valence-corrected chi connectivity index (χ4v) is 2.60. The molecule has 4 nitrogen and oxygen atoms in total. The maximum atomic E-state index is 4.25.